The third-order valence-corrected chi connectivity index (χ3v) is 3.06. The molecule has 0 bridgehead atoms. The van der Waals surface area contributed by atoms with Crippen molar-refractivity contribution in [1.82, 2.24) is 0 Å². The maximum Gasteiger partial charge on any atom is 0.343 e. The number of rotatable bonds is 5. The Kier molecular flexibility index (Phi) is 5.09. The molecule has 0 aliphatic carbocycles. The molecule has 6 nitrogen and oxygen atoms in total. The molecule has 118 valence electrons. The summed E-state index contributed by atoms with van der Waals surface area (Å²) in [6.07, 6.45) is 1.41. The number of carbonyl (C=O) groups is 1. The molecule has 0 amide bonds. The minimum absolute atomic E-state index is 0.00100. The van der Waals surface area contributed by atoms with Crippen LogP contribution in [0.2, 0.25) is 0 Å². The lowest BCUT2D eigenvalue weighted by Gasteiger charge is -2.10. The molecule has 2 aromatic carbocycles. The van der Waals surface area contributed by atoms with Gasteiger partial charge in [0.15, 0.2) is 11.5 Å². The van der Waals surface area contributed by atoms with E-state index in [0.717, 1.165) is 0 Å². The summed E-state index contributed by atoms with van der Waals surface area (Å²) in [6.45, 7) is 1.40. The van der Waals surface area contributed by atoms with Crippen LogP contribution in [-0.2, 0) is 0 Å². The molecule has 0 atom stereocenters. The van der Waals surface area contributed by atoms with Gasteiger partial charge in [-0.3, -0.25) is 10.1 Å². The van der Waals surface area contributed by atoms with Gasteiger partial charge < -0.3 is 9.47 Å². The summed E-state index contributed by atoms with van der Waals surface area (Å²) in [7, 11) is 1.43. The fourth-order valence-electron chi connectivity index (χ4n) is 1.89. The van der Waals surface area contributed by atoms with Crippen molar-refractivity contribution in [1.29, 1.82) is 0 Å². The molecule has 0 spiro atoms. The summed E-state index contributed by atoms with van der Waals surface area (Å²) >= 11 is 0. The Morgan fingerprint density at radius 2 is 1.83 bits per heavy atom. The third kappa shape index (κ3) is 4.16. The second-order valence-electron chi connectivity index (χ2n) is 4.71. The van der Waals surface area contributed by atoms with E-state index in [2.05, 4.69) is 0 Å². The van der Waals surface area contributed by atoms with Gasteiger partial charge in [-0.2, -0.15) is 0 Å². The van der Waals surface area contributed by atoms with Gasteiger partial charge in [0, 0.05) is 13.0 Å². The maximum atomic E-state index is 12.1. The Morgan fingerprint density at radius 1 is 1.13 bits per heavy atom. The Balaban J connectivity index is 2.25. The molecule has 2 rings (SSSR count). The van der Waals surface area contributed by atoms with Crippen molar-refractivity contribution in [2.24, 2.45) is 0 Å². The predicted molar refractivity (Wildman–Crippen MR) is 85.0 cm³/mol. The molecule has 0 heterocycles. The van der Waals surface area contributed by atoms with Crippen LogP contribution in [0.3, 0.4) is 0 Å². The zero-order valence-electron chi connectivity index (χ0n) is 12.7. The molecule has 2 aromatic rings. The van der Waals surface area contributed by atoms with Crippen LogP contribution in [0.1, 0.15) is 22.8 Å². The molecule has 0 aliphatic heterocycles. The van der Waals surface area contributed by atoms with E-state index in [-0.39, 0.29) is 11.4 Å². The first-order valence-electron chi connectivity index (χ1n) is 6.79. The summed E-state index contributed by atoms with van der Waals surface area (Å²) in [5.74, 6) is 0.0603. The number of hydrogen-bond donors (Lipinski definition) is 0. The second kappa shape index (κ2) is 7.22. The molecule has 23 heavy (non-hydrogen) atoms. The van der Waals surface area contributed by atoms with E-state index in [1.807, 2.05) is 0 Å². The van der Waals surface area contributed by atoms with Crippen LogP contribution in [0.4, 0.5) is 0 Å². The van der Waals surface area contributed by atoms with Gasteiger partial charge in [-0.1, -0.05) is 24.3 Å². The lowest BCUT2D eigenvalue weighted by Crippen LogP contribution is -2.09. The highest BCUT2D eigenvalue weighted by atomic mass is 16.6. The standard InChI is InChI=1S/C17H15NO5/c1-12(18(20)21)10-13-8-9-15(16(11-13)22-2)23-17(19)14-6-4-3-5-7-14/h3-11H,1-2H3/b12-10-. The van der Waals surface area contributed by atoms with Gasteiger partial charge in [0.25, 0.3) is 0 Å². The van der Waals surface area contributed by atoms with Crippen LogP contribution in [-0.4, -0.2) is 18.0 Å². The lowest BCUT2D eigenvalue weighted by molar-refractivity contribution is -0.422. The van der Waals surface area contributed by atoms with E-state index in [9.17, 15) is 14.9 Å². The van der Waals surface area contributed by atoms with Crippen LogP contribution >= 0.6 is 0 Å². The van der Waals surface area contributed by atoms with Gasteiger partial charge in [0.05, 0.1) is 17.6 Å². The maximum absolute atomic E-state index is 12.1. The molecular weight excluding hydrogens is 298 g/mol. The van der Waals surface area contributed by atoms with Gasteiger partial charge in [0.1, 0.15) is 0 Å². The summed E-state index contributed by atoms with van der Waals surface area (Å²) in [5.41, 5.74) is 0.999. The van der Waals surface area contributed by atoms with Crippen molar-refractivity contribution in [3.05, 3.63) is 75.5 Å². The quantitative estimate of drug-likeness (QED) is 0.365. The fourth-order valence-corrected chi connectivity index (χ4v) is 1.89. The van der Waals surface area contributed by atoms with Crippen molar-refractivity contribution < 1.29 is 19.2 Å². The van der Waals surface area contributed by atoms with Gasteiger partial charge in [-0.15, -0.1) is 0 Å². The van der Waals surface area contributed by atoms with Crippen molar-refractivity contribution in [2.45, 2.75) is 6.92 Å². The van der Waals surface area contributed by atoms with Gasteiger partial charge in [-0.25, -0.2) is 4.79 Å². The van der Waals surface area contributed by atoms with Crippen LogP contribution in [0, 0.1) is 10.1 Å². The summed E-state index contributed by atoms with van der Waals surface area (Å²) in [6, 6.07) is 13.3. The molecule has 0 saturated heterocycles. The molecule has 6 heteroatoms. The van der Waals surface area contributed by atoms with Crippen molar-refractivity contribution in [2.75, 3.05) is 7.11 Å². The van der Waals surface area contributed by atoms with Gasteiger partial charge in [0.2, 0.25) is 5.70 Å². The van der Waals surface area contributed by atoms with E-state index in [1.54, 1.807) is 48.5 Å². The average molecular weight is 313 g/mol. The van der Waals surface area contributed by atoms with Crippen molar-refractivity contribution in [3.63, 3.8) is 0 Å². The first kappa shape index (κ1) is 16.2. The fraction of sp³-hybridized carbons (Fsp3) is 0.118. The molecule has 0 fully saturated rings. The zero-order valence-corrected chi connectivity index (χ0v) is 12.7. The second-order valence-corrected chi connectivity index (χ2v) is 4.71. The van der Waals surface area contributed by atoms with Crippen LogP contribution in [0.15, 0.2) is 54.2 Å². The highest BCUT2D eigenvalue weighted by molar-refractivity contribution is 5.91. The van der Waals surface area contributed by atoms with E-state index in [1.165, 1.54) is 20.1 Å². The van der Waals surface area contributed by atoms with Crippen molar-refractivity contribution in [3.8, 4) is 11.5 Å². The number of carbonyl (C=O) groups excluding carboxylic acids is 1. The minimum atomic E-state index is -0.506. The number of ether oxygens (including phenoxy) is 2. The zero-order chi connectivity index (χ0) is 16.8. The summed E-state index contributed by atoms with van der Waals surface area (Å²) < 4.78 is 10.5. The molecule has 0 N–H and O–H groups in total. The molecule has 0 unspecified atom stereocenters. The van der Waals surface area contributed by atoms with E-state index >= 15 is 0 Å². The van der Waals surface area contributed by atoms with E-state index in [0.29, 0.717) is 16.9 Å². The number of nitrogens with zero attached hydrogens (tertiary/aromatic N) is 1. The topological polar surface area (TPSA) is 78.7 Å². The number of methoxy groups -OCH3 is 1. The highest BCUT2D eigenvalue weighted by Crippen LogP contribution is 2.29. The monoisotopic (exact) mass is 313 g/mol. The first-order valence-corrected chi connectivity index (χ1v) is 6.79. The Labute approximate surface area is 133 Å². The SMILES string of the molecule is COc1cc(/C=C(/C)[N+](=O)[O-])ccc1OC(=O)c1ccccc1. The number of esters is 1. The Morgan fingerprint density at radius 3 is 2.43 bits per heavy atom. The van der Waals surface area contributed by atoms with Crippen LogP contribution < -0.4 is 9.47 Å². The molecule has 0 aromatic heterocycles. The van der Waals surface area contributed by atoms with Crippen LogP contribution in [0.25, 0.3) is 6.08 Å². The van der Waals surface area contributed by atoms with Gasteiger partial charge >= 0.3 is 5.97 Å². The third-order valence-electron chi connectivity index (χ3n) is 3.06. The number of allylic oxidation sites excluding steroid dienone is 1. The first-order chi connectivity index (χ1) is 11.0. The van der Waals surface area contributed by atoms with E-state index < -0.39 is 10.9 Å². The smallest absolute Gasteiger partial charge is 0.343 e. The summed E-state index contributed by atoms with van der Waals surface area (Å²) in [5, 5.41) is 10.7. The molecule has 0 radical (unpaired) electrons. The molecule has 0 saturated carbocycles. The van der Waals surface area contributed by atoms with Crippen LogP contribution in [0.5, 0.6) is 11.5 Å². The van der Waals surface area contributed by atoms with Gasteiger partial charge in [-0.05, 0) is 29.8 Å². The lowest BCUT2D eigenvalue weighted by atomic mass is 10.1. The number of hydrogen-bond acceptors (Lipinski definition) is 5. The minimum Gasteiger partial charge on any atom is -0.493 e. The average Bonchev–Trinajstić information content (AvgIpc) is 2.56. The normalized spacial score (nSPS) is 11.0. The Bertz CT molecular complexity index is 753. The molecule has 0 aliphatic rings. The molecular formula is C17H15NO5. The largest absolute Gasteiger partial charge is 0.493 e. The van der Waals surface area contributed by atoms with E-state index in [4.69, 9.17) is 9.47 Å². The highest BCUT2D eigenvalue weighted by Gasteiger charge is 2.13. The number of nitro groups is 1. The summed E-state index contributed by atoms with van der Waals surface area (Å²) in [4.78, 5) is 22.2. The predicted octanol–water partition coefficient (Wildman–Crippen LogP) is 3.55. The van der Waals surface area contributed by atoms with Crippen molar-refractivity contribution >= 4 is 12.0 Å². The Hall–Kier alpha value is -3.15. The number of benzene rings is 2.